The average molecular weight is 381 g/mol. The number of urea groups is 1. The molecular weight excluding hydrogens is 344 g/mol. The summed E-state index contributed by atoms with van der Waals surface area (Å²) in [4.78, 5) is 41.1. The number of carbonyl (C=O) groups excluding carboxylic acids is 3. The lowest BCUT2D eigenvalue weighted by Crippen LogP contribution is -2.54. The maximum atomic E-state index is 13.1. The summed E-state index contributed by atoms with van der Waals surface area (Å²) in [5, 5.41) is 5.78. The lowest BCUT2D eigenvalue weighted by atomic mass is 9.64. The molecule has 1 saturated carbocycles. The Balaban J connectivity index is 2.00. The van der Waals surface area contributed by atoms with Gasteiger partial charge in [0.2, 0.25) is 5.91 Å². The number of hydrogen-bond donors (Lipinski definition) is 2. The number of hydrogen-bond acceptors (Lipinski definition) is 4. The Labute approximate surface area is 163 Å². The fourth-order valence-corrected chi connectivity index (χ4v) is 5.10. The predicted molar refractivity (Wildman–Crippen MR) is 105 cm³/mol. The van der Waals surface area contributed by atoms with Crippen molar-refractivity contribution in [1.29, 1.82) is 0 Å². The van der Waals surface area contributed by atoms with Crippen molar-refractivity contribution in [3.05, 3.63) is 0 Å². The first kappa shape index (κ1) is 21.7. The van der Waals surface area contributed by atoms with Crippen LogP contribution in [0.2, 0.25) is 0 Å². The molecule has 7 heteroatoms. The van der Waals surface area contributed by atoms with E-state index in [2.05, 4.69) is 50.2 Å². The normalized spacial score (nSPS) is 28.0. The van der Waals surface area contributed by atoms with Gasteiger partial charge in [-0.05, 0) is 50.1 Å². The number of imide groups is 1. The molecular formula is C20H36N4O3. The van der Waals surface area contributed by atoms with Crippen molar-refractivity contribution in [2.45, 2.75) is 59.4 Å². The van der Waals surface area contributed by atoms with Crippen molar-refractivity contribution in [3.8, 4) is 0 Å². The van der Waals surface area contributed by atoms with Gasteiger partial charge >= 0.3 is 6.03 Å². The summed E-state index contributed by atoms with van der Waals surface area (Å²) in [5.74, 6) is -0.209. The van der Waals surface area contributed by atoms with E-state index in [0.717, 1.165) is 17.9 Å². The first-order valence-electron chi connectivity index (χ1n) is 9.81. The van der Waals surface area contributed by atoms with Gasteiger partial charge in [0.1, 0.15) is 12.1 Å². The molecule has 27 heavy (non-hydrogen) atoms. The minimum absolute atomic E-state index is 0.0188. The van der Waals surface area contributed by atoms with Crippen LogP contribution in [-0.2, 0) is 9.59 Å². The fraction of sp³-hybridized carbons (Fsp3) is 0.850. The second kappa shape index (κ2) is 7.41. The molecule has 2 atom stereocenters. The highest BCUT2D eigenvalue weighted by Crippen LogP contribution is 2.46. The third kappa shape index (κ3) is 5.21. The minimum Gasteiger partial charge on any atom is -0.354 e. The largest absolute Gasteiger partial charge is 0.354 e. The van der Waals surface area contributed by atoms with E-state index in [1.807, 2.05) is 14.1 Å². The van der Waals surface area contributed by atoms with E-state index in [1.165, 1.54) is 0 Å². The molecule has 2 N–H and O–H groups in total. The zero-order valence-electron chi connectivity index (χ0n) is 17.9. The SMILES string of the molecule is CC1CC(C)(C)CC2(C1)NC(=O)N(CC(=O)NCC(C)(C)CN(C)C)C2=O. The Hall–Kier alpha value is -1.63. The van der Waals surface area contributed by atoms with Crippen molar-refractivity contribution in [2.75, 3.05) is 33.7 Å². The second-order valence-corrected chi connectivity index (χ2v) is 10.4. The summed E-state index contributed by atoms with van der Waals surface area (Å²) in [7, 11) is 3.98. The highest BCUT2D eigenvalue weighted by molar-refractivity contribution is 6.09. The summed E-state index contributed by atoms with van der Waals surface area (Å²) < 4.78 is 0. The standard InChI is InChI=1S/C20H36N4O3/c1-14-8-18(2,3)11-20(9-14)16(26)24(17(27)22-20)10-15(25)21-12-19(4,5)13-23(6)7/h14H,8-13H2,1-7H3,(H,21,25)(H,22,27). The molecule has 2 fully saturated rings. The van der Waals surface area contributed by atoms with Crippen molar-refractivity contribution in [2.24, 2.45) is 16.7 Å². The Kier molecular flexibility index (Phi) is 5.95. The van der Waals surface area contributed by atoms with Gasteiger partial charge in [0.05, 0.1) is 0 Å². The summed E-state index contributed by atoms with van der Waals surface area (Å²) in [6, 6.07) is -0.451. The minimum atomic E-state index is -0.858. The van der Waals surface area contributed by atoms with Gasteiger partial charge in [0.15, 0.2) is 0 Å². The first-order chi connectivity index (χ1) is 12.3. The molecule has 2 unspecified atom stereocenters. The number of rotatable bonds is 6. The monoisotopic (exact) mass is 380 g/mol. The van der Waals surface area contributed by atoms with Crippen LogP contribution in [0.3, 0.4) is 0 Å². The molecule has 0 aromatic rings. The van der Waals surface area contributed by atoms with E-state index < -0.39 is 11.6 Å². The molecule has 1 saturated heterocycles. The highest BCUT2D eigenvalue weighted by Gasteiger charge is 2.56. The summed E-state index contributed by atoms with van der Waals surface area (Å²) in [6.07, 6.45) is 2.28. The van der Waals surface area contributed by atoms with Crippen molar-refractivity contribution in [1.82, 2.24) is 20.4 Å². The van der Waals surface area contributed by atoms with Gasteiger partial charge in [-0.15, -0.1) is 0 Å². The Morgan fingerprint density at radius 3 is 2.48 bits per heavy atom. The van der Waals surface area contributed by atoms with E-state index in [-0.39, 0.29) is 29.2 Å². The highest BCUT2D eigenvalue weighted by atomic mass is 16.2. The van der Waals surface area contributed by atoms with Crippen LogP contribution in [0.1, 0.15) is 53.9 Å². The van der Waals surface area contributed by atoms with Crippen LogP contribution in [0.25, 0.3) is 0 Å². The predicted octanol–water partition coefficient (Wildman–Crippen LogP) is 1.83. The third-order valence-electron chi connectivity index (χ3n) is 5.43. The number of carbonyl (C=O) groups is 3. The molecule has 0 radical (unpaired) electrons. The van der Waals surface area contributed by atoms with Gasteiger partial charge in [-0.25, -0.2) is 4.79 Å². The summed E-state index contributed by atoms with van der Waals surface area (Å²) >= 11 is 0. The van der Waals surface area contributed by atoms with Crippen molar-refractivity contribution >= 4 is 17.8 Å². The Morgan fingerprint density at radius 2 is 1.93 bits per heavy atom. The van der Waals surface area contributed by atoms with E-state index in [0.29, 0.717) is 25.3 Å². The van der Waals surface area contributed by atoms with Crippen LogP contribution in [0.15, 0.2) is 0 Å². The molecule has 1 heterocycles. The number of nitrogens with zero attached hydrogens (tertiary/aromatic N) is 2. The summed E-state index contributed by atoms with van der Waals surface area (Å²) in [6.45, 7) is 11.6. The molecule has 7 nitrogen and oxygen atoms in total. The van der Waals surface area contributed by atoms with Gasteiger partial charge in [0.25, 0.3) is 5.91 Å². The average Bonchev–Trinajstić information content (AvgIpc) is 2.65. The lowest BCUT2D eigenvalue weighted by molar-refractivity contribution is -0.137. The quantitative estimate of drug-likeness (QED) is 0.689. The van der Waals surface area contributed by atoms with Crippen LogP contribution in [0.5, 0.6) is 0 Å². The van der Waals surface area contributed by atoms with E-state index in [9.17, 15) is 14.4 Å². The van der Waals surface area contributed by atoms with Gasteiger partial charge in [-0.3, -0.25) is 14.5 Å². The van der Waals surface area contributed by atoms with E-state index in [4.69, 9.17) is 0 Å². The van der Waals surface area contributed by atoms with Crippen LogP contribution in [-0.4, -0.2) is 66.9 Å². The van der Waals surface area contributed by atoms with Crippen molar-refractivity contribution in [3.63, 3.8) is 0 Å². The number of amides is 4. The van der Waals surface area contributed by atoms with E-state index >= 15 is 0 Å². The van der Waals surface area contributed by atoms with Crippen LogP contribution in [0.4, 0.5) is 4.79 Å². The van der Waals surface area contributed by atoms with Crippen LogP contribution in [0, 0.1) is 16.7 Å². The molecule has 1 aliphatic heterocycles. The maximum Gasteiger partial charge on any atom is 0.325 e. The molecule has 154 valence electrons. The van der Waals surface area contributed by atoms with Crippen LogP contribution < -0.4 is 10.6 Å². The zero-order chi connectivity index (χ0) is 20.6. The topological polar surface area (TPSA) is 81.8 Å². The molecule has 0 aromatic heterocycles. The maximum absolute atomic E-state index is 13.1. The molecule has 1 spiro atoms. The molecule has 2 rings (SSSR count). The molecule has 0 bridgehead atoms. The Morgan fingerprint density at radius 1 is 1.30 bits per heavy atom. The summed E-state index contributed by atoms with van der Waals surface area (Å²) in [5.41, 5.74) is -0.974. The fourth-order valence-electron chi connectivity index (χ4n) is 5.10. The van der Waals surface area contributed by atoms with Gasteiger partial charge in [-0.1, -0.05) is 34.6 Å². The lowest BCUT2D eigenvalue weighted by Gasteiger charge is -2.43. The Bertz CT molecular complexity index is 614. The third-order valence-corrected chi connectivity index (χ3v) is 5.43. The van der Waals surface area contributed by atoms with E-state index in [1.54, 1.807) is 0 Å². The smallest absolute Gasteiger partial charge is 0.325 e. The van der Waals surface area contributed by atoms with Crippen molar-refractivity contribution < 1.29 is 14.4 Å². The molecule has 0 aromatic carbocycles. The van der Waals surface area contributed by atoms with Gasteiger partial charge in [0, 0.05) is 13.1 Å². The zero-order valence-corrected chi connectivity index (χ0v) is 17.9. The first-order valence-corrected chi connectivity index (χ1v) is 9.81. The van der Waals surface area contributed by atoms with Gasteiger partial charge in [-0.2, -0.15) is 0 Å². The number of nitrogens with one attached hydrogen (secondary N) is 2. The van der Waals surface area contributed by atoms with Crippen LogP contribution >= 0.6 is 0 Å². The van der Waals surface area contributed by atoms with Gasteiger partial charge < -0.3 is 15.5 Å². The molecule has 4 amide bonds. The second-order valence-electron chi connectivity index (χ2n) is 10.4. The molecule has 1 aliphatic carbocycles. The molecule has 2 aliphatic rings.